The smallest absolute Gasteiger partial charge is 0.213 e. The predicted octanol–water partition coefficient (Wildman–Crippen LogP) is 3.98. The molecule has 0 amide bonds. The van der Waals surface area contributed by atoms with Gasteiger partial charge in [0.15, 0.2) is 0 Å². The van der Waals surface area contributed by atoms with E-state index in [0.717, 1.165) is 28.9 Å². The Morgan fingerprint density at radius 1 is 0.783 bits per heavy atom. The molecule has 3 unspecified atom stereocenters. The molecule has 0 heterocycles. The van der Waals surface area contributed by atoms with Crippen molar-refractivity contribution in [2.45, 2.75) is 24.3 Å². The molecule has 1 saturated carbocycles. The molecule has 0 N–H and O–H groups in total. The Labute approximate surface area is 140 Å². The van der Waals surface area contributed by atoms with Gasteiger partial charge in [0.25, 0.3) is 0 Å². The monoisotopic (exact) mass is 322 g/mol. The van der Waals surface area contributed by atoms with E-state index < -0.39 is 9.52 Å². The van der Waals surface area contributed by atoms with E-state index in [4.69, 9.17) is 9.47 Å². The van der Waals surface area contributed by atoms with Crippen LogP contribution in [0.1, 0.15) is 12.8 Å². The Bertz CT molecular complexity index is 614. The Kier molecular flexibility index (Phi) is 4.20. The van der Waals surface area contributed by atoms with Gasteiger partial charge in [-0.05, 0) is 54.5 Å². The van der Waals surface area contributed by atoms with Gasteiger partial charge in [-0.15, -0.1) is 0 Å². The van der Waals surface area contributed by atoms with Gasteiger partial charge in [-0.25, -0.2) is 0 Å². The third kappa shape index (κ3) is 3.50. The van der Waals surface area contributed by atoms with Crippen molar-refractivity contribution < 1.29 is 9.47 Å². The number of para-hydroxylation sites is 2. The molecule has 2 aromatic carbocycles. The standard InChI is InChI=1S/C20H22O2Si/c1-3-7-17(8-4-1)21-20(22-18-9-5-2-6-10-18)23-19-14-15-11-12-16(19)13-15/h1-12,15-16,19-20H,13-14,23H2. The van der Waals surface area contributed by atoms with Crippen molar-refractivity contribution in [3.8, 4) is 11.5 Å². The fraction of sp³-hybridized carbons (Fsp3) is 0.300. The molecule has 2 aromatic rings. The first-order chi connectivity index (χ1) is 11.4. The molecule has 118 valence electrons. The summed E-state index contributed by atoms with van der Waals surface area (Å²) < 4.78 is 12.4. The lowest BCUT2D eigenvalue weighted by atomic mass is 10.1. The molecule has 2 nitrogen and oxygen atoms in total. The topological polar surface area (TPSA) is 18.5 Å². The number of hydrogen-bond donors (Lipinski definition) is 0. The summed E-state index contributed by atoms with van der Waals surface area (Å²) in [6.45, 7) is 0. The minimum Gasteiger partial charge on any atom is -0.460 e. The molecule has 0 radical (unpaired) electrons. The van der Waals surface area contributed by atoms with Gasteiger partial charge in [0.1, 0.15) is 21.0 Å². The molecule has 1 fully saturated rings. The van der Waals surface area contributed by atoms with Gasteiger partial charge in [0.05, 0.1) is 0 Å². The zero-order valence-electron chi connectivity index (χ0n) is 13.2. The van der Waals surface area contributed by atoms with Crippen molar-refractivity contribution in [1.82, 2.24) is 0 Å². The highest BCUT2D eigenvalue weighted by atomic mass is 28.2. The van der Waals surface area contributed by atoms with Crippen LogP contribution in [0.5, 0.6) is 11.5 Å². The fourth-order valence-corrected chi connectivity index (χ4v) is 6.23. The zero-order chi connectivity index (χ0) is 15.5. The minimum atomic E-state index is -0.510. The van der Waals surface area contributed by atoms with E-state index in [1.54, 1.807) is 0 Å². The number of ether oxygens (including phenoxy) is 2. The van der Waals surface area contributed by atoms with Gasteiger partial charge in [-0.2, -0.15) is 0 Å². The molecular weight excluding hydrogens is 300 g/mol. The maximum atomic E-state index is 6.20. The lowest BCUT2D eigenvalue weighted by Crippen LogP contribution is -2.34. The molecule has 2 aliphatic carbocycles. The maximum absolute atomic E-state index is 6.20. The number of hydrogen-bond acceptors (Lipinski definition) is 2. The Morgan fingerprint density at radius 2 is 1.39 bits per heavy atom. The summed E-state index contributed by atoms with van der Waals surface area (Å²) >= 11 is 0. The maximum Gasteiger partial charge on any atom is 0.213 e. The van der Waals surface area contributed by atoms with Gasteiger partial charge in [-0.1, -0.05) is 48.6 Å². The number of rotatable bonds is 6. The molecule has 4 rings (SSSR count). The van der Waals surface area contributed by atoms with Crippen LogP contribution >= 0.6 is 0 Å². The Hall–Kier alpha value is -2.00. The first-order valence-corrected chi connectivity index (χ1v) is 10.1. The van der Waals surface area contributed by atoms with Gasteiger partial charge in [0, 0.05) is 0 Å². The second kappa shape index (κ2) is 6.63. The molecule has 23 heavy (non-hydrogen) atoms. The summed E-state index contributed by atoms with van der Waals surface area (Å²) in [6.07, 6.45) is 7.51. The molecular formula is C20H22O2Si. The molecule has 2 aliphatic rings. The van der Waals surface area contributed by atoms with Gasteiger partial charge >= 0.3 is 0 Å². The molecule has 0 spiro atoms. The average molecular weight is 322 g/mol. The molecule has 3 atom stereocenters. The molecule has 2 bridgehead atoms. The highest BCUT2D eigenvalue weighted by Gasteiger charge is 2.38. The molecule has 0 aliphatic heterocycles. The van der Waals surface area contributed by atoms with Gasteiger partial charge in [-0.3, -0.25) is 0 Å². The van der Waals surface area contributed by atoms with Crippen LogP contribution in [0.4, 0.5) is 0 Å². The van der Waals surface area contributed by atoms with Crippen LogP contribution in [0.3, 0.4) is 0 Å². The molecule has 0 saturated heterocycles. The molecule has 3 heteroatoms. The number of benzene rings is 2. The summed E-state index contributed by atoms with van der Waals surface area (Å²) in [7, 11) is -0.510. The van der Waals surface area contributed by atoms with Crippen LogP contribution in [0.2, 0.25) is 5.54 Å². The zero-order valence-corrected chi connectivity index (χ0v) is 14.6. The van der Waals surface area contributed by atoms with E-state index in [2.05, 4.69) is 12.2 Å². The van der Waals surface area contributed by atoms with Crippen LogP contribution < -0.4 is 9.47 Å². The fourth-order valence-electron chi connectivity index (χ4n) is 3.83. The summed E-state index contributed by atoms with van der Waals surface area (Å²) in [5, 5.41) is 0. The van der Waals surface area contributed by atoms with Crippen LogP contribution in [-0.4, -0.2) is 15.4 Å². The van der Waals surface area contributed by atoms with Crippen molar-refractivity contribution in [2.75, 3.05) is 0 Å². The first kappa shape index (κ1) is 14.6. The number of allylic oxidation sites excluding steroid dienone is 2. The third-order valence-electron chi connectivity index (χ3n) is 4.93. The lowest BCUT2D eigenvalue weighted by molar-refractivity contribution is 0.0717. The highest BCUT2D eigenvalue weighted by molar-refractivity contribution is 6.39. The van der Waals surface area contributed by atoms with Crippen LogP contribution in [0.15, 0.2) is 72.8 Å². The van der Waals surface area contributed by atoms with Gasteiger partial charge in [0.2, 0.25) is 5.91 Å². The van der Waals surface area contributed by atoms with Crippen molar-refractivity contribution in [1.29, 1.82) is 0 Å². The van der Waals surface area contributed by atoms with Crippen LogP contribution in [0.25, 0.3) is 0 Å². The second-order valence-corrected chi connectivity index (χ2v) is 8.75. The highest BCUT2D eigenvalue weighted by Crippen LogP contribution is 2.47. The van der Waals surface area contributed by atoms with Crippen molar-refractivity contribution in [3.05, 3.63) is 72.8 Å². The van der Waals surface area contributed by atoms with E-state index in [1.807, 2.05) is 60.7 Å². The Balaban J connectivity index is 1.47. The van der Waals surface area contributed by atoms with Crippen molar-refractivity contribution in [3.63, 3.8) is 0 Å². The predicted molar refractivity (Wildman–Crippen MR) is 95.6 cm³/mol. The second-order valence-electron chi connectivity index (χ2n) is 6.57. The van der Waals surface area contributed by atoms with Gasteiger partial charge < -0.3 is 9.47 Å². The van der Waals surface area contributed by atoms with E-state index in [9.17, 15) is 0 Å². The van der Waals surface area contributed by atoms with E-state index in [-0.39, 0.29) is 5.91 Å². The lowest BCUT2D eigenvalue weighted by Gasteiger charge is -2.25. The minimum absolute atomic E-state index is 0.0995. The van der Waals surface area contributed by atoms with E-state index >= 15 is 0 Å². The average Bonchev–Trinajstić information content (AvgIpc) is 3.19. The van der Waals surface area contributed by atoms with E-state index in [0.29, 0.717) is 0 Å². The van der Waals surface area contributed by atoms with Crippen molar-refractivity contribution >= 4 is 9.52 Å². The summed E-state index contributed by atoms with van der Waals surface area (Å²) in [5.41, 5.74) is 0.808. The summed E-state index contributed by atoms with van der Waals surface area (Å²) in [6, 6.07) is 20.1. The molecule has 0 aromatic heterocycles. The largest absolute Gasteiger partial charge is 0.460 e. The normalized spacial score (nSPS) is 25.5. The van der Waals surface area contributed by atoms with E-state index in [1.165, 1.54) is 12.8 Å². The first-order valence-electron chi connectivity index (χ1n) is 8.48. The SMILES string of the molecule is C1=CC2CC1CC2[SiH2]C(Oc1ccccc1)Oc1ccccc1. The van der Waals surface area contributed by atoms with Crippen LogP contribution in [0, 0.1) is 11.8 Å². The summed E-state index contributed by atoms with van der Waals surface area (Å²) in [5.74, 6) is 3.29. The number of fused-ring (bicyclic) bond motifs is 2. The Morgan fingerprint density at radius 3 is 1.87 bits per heavy atom. The van der Waals surface area contributed by atoms with Crippen LogP contribution in [-0.2, 0) is 0 Å². The third-order valence-corrected chi connectivity index (χ3v) is 7.20. The quantitative estimate of drug-likeness (QED) is 0.455. The van der Waals surface area contributed by atoms with Crippen molar-refractivity contribution in [2.24, 2.45) is 11.8 Å². The summed E-state index contributed by atoms with van der Waals surface area (Å²) in [4.78, 5) is 0.